The molecule has 0 aliphatic rings. The lowest BCUT2D eigenvalue weighted by Crippen LogP contribution is -2.23. The molecule has 0 fully saturated rings. The molecule has 0 spiro atoms. The molecule has 1 unspecified atom stereocenters. The predicted octanol–water partition coefficient (Wildman–Crippen LogP) is 3.63. The van der Waals surface area contributed by atoms with Crippen molar-refractivity contribution in [1.29, 1.82) is 0 Å². The van der Waals surface area contributed by atoms with Gasteiger partial charge < -0.3 is 9.84 Å². The van der Waals surface area contributed by atoms with E-state index in [9.17, 15) is 13.5 Å². The van der Waals surface area contributed by atoms with Crippen LogP contribution in [0.3, 0.4) is 0 Å². The first-order valence-electron chi connectivity index (χ1n) is 8.36. The summed E-state index contributed by atoms with van der Waals surface area (Å²) in [6.07, 6.45) is -0.717. The van der Waals surface area contributed by atoms with Crippen LogP contribution in [0.4, 0.5) is 0 Å². The number of methoxy groups -OCH3 is 1. The molecule has 2 aromatic carbocycles. The first-order valence-corrected chi connectivity index (χ1v) is 10.7. The van der Waals surface area contributed by atoms with Gasteiger partial charge in [0.05, 0.1) is 12.0 Å². The van der Waals surface area contributed by atoms with Crippen molar-refractivity contribution in [2.75, 3.05) is 7.11 Å². The fourth-order valence-corrected chi connectivity index (χ4v) is 5.02. The second-order valence-corrected chi connectivity index (χ2v) is 9.01. The van der Waals surface area contributed by atoms with Gasteiger partial charge in [-0.1, -0.05) is 30.3 Å². The molecule has 142 valence electrons. The normalized spacial score (nSPS) is 12.7. The SMILES string of the molecule is COc1ccc(S(=O)(=O)NCc2ccc(C(O)c3ccccc3)s2)c(C)c1. The number of thiophene rings is 1. The number of benzene rings is 2. The lowest BCUT2D eigenvalue weighted by atomic mass is 10.1. The summed E-state index contributed by atoms with van der Waals surface area (Å²) in [6, 6.07) is 17.9. The van der Waals surface area contributed by atoms with Crippen LogP contribution in [0.15, 0.2) is 65.6 Å². The molecule has 0 saturated carbocycles. The average Bonchev–Trinajstić information content (AvgIpc) is 3.15. The fourth-order valence-electron chi connectivity index (χ4n) is 2.73. The van der Waals surface area contributed by atoms with E-state index in [2.05, 4.69) is 4.72 Å². The summed E-state index contributed by atoms with van der Waals surface area (Å²) in [5.41, 5.74) is 1.42. The van der Waals surface area contributed by atoms with Crippen LogP contribution in [0.5, 0.6) is 5.75 Å². The number of hydrogen-bond acceptors (Lipinski definition) is 5. The Morgan fingerprint density at radius 1 is 1.11 bits per heavy atom. The van der Waals surface area contributed by atoms with E-state index in [4.69, 9.17) is 4.74 Å². The highest BCUT2D eigenvalue weighted by atomic mass is 32.2. The summed E-state index contributed by atoms with van der Waals surface area (Å²) in [5.74, 6) is 0.615. The summed E-state index contributed by atoms with van der Waals surface area (Å²) in [5, 5.41) is 10.5. The second-order valence-electron chi connectivity index (χ2n) is 6.07. The van der Waals surface area contributed by atoms with Gasteiger partial charge in [0.1, 0.15) is 11.9 Å². The molecule has 0 saturated heterocycles. The highest BCUT2D eigenvalue weighted by molar-refractivity contribution is 7.89. The third-order valence-electron chi connectivity index (χ3n) is 4.18. The molecule has 27 heavy (non-hydrogen) atoms. The maximum absolute atomic E-state index is 12.6. The molecule has 7 heteroatoms. The fraction of sp³-hybridized carbons (Fsp3) is 0.200. The Morgan fingerprint density at radius 3 is 2.52 bits per heavy atom. The van der Waals surface area contributed by atoms with Gasteiger partial charge in [-0.25, -0.2) is 13.1 Å². The van der Waals surface area contributed by atoms with E-state index in [0.29, 0.717) is 11.3 Å². The van der Waals surface area contributed by atoms with E-state index >= 15 is 0 Å². The van der Waals surface area contributed by atoms with Crippen LogP contribution in [0, 0.1) is 6.92 Å². The Bertz CT molecular complexity index is 1010. The monoisotopic (exact) mass is 403 g/mol. The number of nitrogens with one attached hydrogen (secondary N) is 1. The third kappa shape index (κ3) is 4.56. The Morgan fingerprint density at radius 2 is 1.85 bits per heavy atom. The van der Waals surface area contributed by atoms with Gasteiger partial charge in [0.25, 0.3) is 0 Å². The molecular weight excluding hydrogens is 382 g/mol. The Hall–Kier alpha value is -2.19. The molecule has 2 N–H and O–H groups in total. The van der Waals surface area contributed by atoms with Crippen LogP contribution < -0.4 is 9.46 Å². The molecule has 0 aliphatic heterocycles. The molecule has 0 radical (unpaired) electrons. The summed E-state index contributed by atoms with van der Waals surface area (Å²) >= 11 is 1.39. The van der Waals surface area contributed by atoms with E-state index in [1.165, 1.54) is 17.4 Å². The zero-order valence-corrected chi connectivity index (χ0v) is 16.7. The highest BCUT2D eigenvalue weighted by Gasteiger charge is 2.18. The Kier molecular flexibility index (Phi) is 5.96. The van der Waals surface area contributed by atoms with Crippen molar-refractivity contribution in [1.82, 2.24) is 4.72 Å². The van der Waals surface area contributed by atoms with Gasteiger partial charge >= 0.3 is 0 Å². The summed E-state index contributed by atoms with van der Waals surface area (Å²) in [7, 11) is -2.10. The van der Waals surface area contributed by atoms with Crippen LogP contribution in [-0.4, -0.2) is 20.6 Å². The first-order chi connectivity index (χ1) is 12.9. The highest BCUT2D eigenvalue weighted by Crippen LogP contribution is 2.29. The number of ether oxygens (including phenoxy) is 1. The van der Waals surface area contributed by atoms with Crippen molar-refractivity contribution in [3.05, 3.63) is 81.5 Å². The van der Waals surface area contributed by atoms with Crippen LogP contribution in [0.2, 0.25) is 0 Å². The van der Waals surface area contributed by atoms with Crippen LogP contribution >= 0.6 is 11.3 Å². The van der Waals surface area contributed by atoms with Crippen LogP contribution in [-0.2, 0) is 16.6 Å². The number of aliphatic hydroxyl groups excluding tert-OH is 1. The minimum Gasteiger partial charge on any atom is -0.497 e. The standard InChI is InChI=1S/C20H21NO4S2/c1-14-12-16(25-2)8-11-19(14)27(23,24)21-13-17-9-10-18(26-17)20(22)15-6-4-3-5-7-15/h3-12,20-22H,13H2,1-2H3. The van der Waals surface area contributed by atoms with Gasteiger partial charge in [0.2, 0.25) is 10.0 Å². The molecular formula is C20H21NO4S2. The molecule has 1 aromatic heterocycles. The molecule has 1 heterocycles. The second kappa shape index (κ2) is 8.22. The summed E-state index contributed by atoms with van der Waals surface area (Å²) in [6.45, 7) is 1.90. The maximum atomic E-state index is 12.6. The number of hydrogen-bond donors (Lipinski definition) is 2. The smallest absolute Gasteiger partial charge is 0.241 e. The van der Waals surface area contributed by atoms with Crippen LogP contribution in [0.1, 0.15) is 27.0 Å². The summed E-state index contributed by atoms with van der Waals surface area (Å²) < 4.78 is 32.9. The van der Waals surface area contributed by atoms with Crippen molar-refractivity contribution >= 4 is 21.4 Å². The molecule has 0 amide bonds. The molecule has 5 nitrogen and oxygen atoms in total. The van der Waals surface area contributed by atoms with Gasteiger partial charge in [-0.2, -0.15) is 0 Å². The number of rotatable bonds is 7. The third-order valence-corrected chi connectivity index (χ3v) is 6.87. The predicted molar refractivity (Wildman–Crippen MR) is 107 cm³/mol. The lowest BCUT2D eigenvalue weighted by molar-refractivity contribution is 0.224. The molecule has 0 bridgehead atoms. The van der Waals surface area contributed by atoms with E-state index in [-0.39, 0.29) is 11.4 Å². The van der Waals surface area contributed by atoms with E-state index in [1.54, 1.807) is 26.2 Å². The zero-order valence-electron chi connectivity index (χ0n) is 15.0. The number of aliphatic hydroxyl groups is 1. The topological polar surface area (TPSA) is 75.6 Å². The van der Waals surface area contributed by atoms with Gasteiger partial charge in [0, 0.05) is 16.3 Å². The maximum Gasteiger partial charge on any atom is 0.241 e. The van der Waals surface area contributed by atoms with Crippen molar-refractivity contribution in [3.63, 3.8) is 0 Å². The summed E-state index contributed by atoms with van der Waals surface area (Å²) in [4.78, 5) is 1.83. The molecule has 0 aliphatic carbocycles. The average molecular weight is 404 g/mol. The van der Waals surface area contributed by atoms with Crippen molar-refractivity contribution < 1.29 is 18.3 Å². The van der Waals surface area contributed by atoms with Crippen molar-refractivity contribution in [2.45, 2.75) is 24.5 Å². The number of aryl methyl sites for hydroxylation is 1. The molecule has 1 atom stereocenters. The van der Waals surface area contributed by atoms with Gasteiger partial charge in [-0.15, -0.1) is 11.3 Å². The lowest BCUT2D eigenvalue weighted by Gasteiger charge is -2.10. The van der Waals surface area contributed by atoms with Gasteiger partial charge in [-0.3, -0.25) is 0 Å². The van der Waals surface area contributed by atoms with E-state index in [1.807, 2.05) is 42.5 Å². The Labute approximate surface area is 163 Å². The minimum absolute atomic E-state index is 0.167. The molecule has 3 aromatic rings. The van der Waals surface area contributed by atoms with Gasteiger partial charge in [-0.05, 0) is 48.4 Å². The van der Waals surface area contributed by atoms with Gasteiger partial charge in [0.15, 0.2) is 0 Å². The molecule has 3 rings (SSSR count). The van der Waals surface area contributed by atoms with E-state index < -0.39 is 16.1 Å². The Balaban J connectivity index is 1.71. The van der Waals surface area contributed by atoms with Crippen molar-refractivity contribution in [3.8, 4) is 5.75 Å². The zero-order chi connectivity index (χ0) is 19.4. The number of sulfonamides is 1. The van der Waals surface area contributed by atoms with Crippen molar-refractivity contribution in [2.24, 2.45) is 0 Å². The quantitative estimate of drug-likeness (QED) is 0.632. The minimum atomic E-state index is -3.64. The first kappa shape index (κ1) is 19.6. The van der Waals surface area contributed by atoms with E-state index in [0.717, 1.165) is 15.3 Å². The largest absolute Gasteiger partial charge is 0.497 e. The van der Waals surface area contributed by atoms with Crippen LogP contribution in [0.25, 0.3) is 0 Å².